The van der Waals surface area contributed by atoms with Crippen molar-refractivity contribution in [3.05, 3.63) is 24.3 Å². The van der Waals surface area contributed by atoms with E-state index in [-0.39, 0.29) is 0 Å². The molecule has 1 saturated heterocycles. The van der Waals surface area contributed by atoms with Crippen molar-refractivity contribution in [2.75, 3.05) is 13.2 Å². The van der Waals surface area contributed by atoms with Crippen molar-refractivity contribution in [3.63, 3.8) is 0 Å². The molecule has 1 aliphatic rings. The normalized spacial score (nSPS) is 27.0. The Morgan fingerprint density at radius 1 is 0.793 bits per heavy atom. The third-order valence-electron chi connectivity index (χ3n) is 5.19. The molecule has 7 nitrogen and oxygen atoms in total. The standard InChI is InChI=1S/C22H36O7/c1-2-3-4-5-6-7-8-9-14-27-16-10-12-17(13-11-16)28-22-21(26)20(25)19(24)18(15-23)29-22/h10-13,18-26H,2-9,14-15H2,1H3/t18-,19-,20+,21-,22+/m1/s1. The molecule has 4 N–H and O–H groups in total. The minimum atomic E-state index is -1.46. The second-order valence-electron chi connectivity index (χ2n) is 7.61. The van der Waals surface area contributed by atoms with Gasteiger partial charge in [-0.05, 0) is 30.7 Å². The molecule has 7 heteroatoms. The molecule has 0 radical (unpaired) electrons. The number of ether oxygens (including phenoxy) is 3. The lowest BCUT2D eigenvalue weighted by Gasteiger charge is -2.39. The monoisotopic (exact) mass is 412 g/mol. The van der Waals surface area contributed by atoms with Crippen LogP contribution in [0.4, 0.5) is 0 Å². The molecule has 0 saturated carbocycles. The van der Waals surface area contributed by atoms with Crippen LogP contribution in [-0.4, -0.2) is 64.3 Å². The molecule has 29 heavy (non-hydrogen) atoms. The van der Waals surface area contributed by atoms with E-state index in [4.69, 9.17) is 14.2 Å². The molecule has 5 atom stereocenters. The molecule has 0 bridgehead atoms. The van der Waals surface area contributed by atoms with Gasteiger partial charge in [0.25, 0.3) is 0 Å². The highest BCUT2D eigenvalue weighted by molar-refractivity contribution is 5.31. The summed E-state index contributed by atoms with van der Waals surface area (Å²) in [7, 11) is 0. The SMILES string of the molecule is CCCCCCCCCCOc1ccc(O[C@H]2O[C@H](CO)[C@@H](O)[C@H](O)[C@H]2O)cc1. The van der Waals surface area contributed by atoms with Crippen molar-refractivity contribution in [3.8, 4) is 11.5 Å². The molecule has 0 unspecified atom stereocenters. The number of benzene rings is 1. The van der Waals surface area contributed by atoms with Gasteiger partial charge in [-0.25, -0.2) is 0 Å². The Hall–Kier alpha value is -1.38. The lowest BCUT2D eigenvalue weighted by atomic mass is 9.99. The molecule has 1 aromatic rings. The van der Waals surface area contributed by atoms with E-state index in [0.29, 0.717) is 12.4 Å². The first-order valence-electron chi connectivity index (χ1n) is 10.8. The van der Waals surface area contributed by atoms with Gasteiger partial charge in [0.15, 0.2) is 0 Å². The van der Waals surface area contributed by atoms with Crippen LogP contribution >= 0.6 is 0 Å². The smallest absolute Gasteiger partial charge is 0.229 e. The van der Waals surface area contributed by atoms with E-state index in [1.54, 1.807) is 24.3 Å². The summed E-state index contributed by atoms with van der Waals surface area (Å²) in [5, 5.41) is 38.8. The molecule has 1 aliphatic heterocycles. The van der Waals surface area contributed by atoms with Gasteiger partial charge in [0.05, 0.1) is 13.2 Å². The topological polar surface area (TPSA) is 109 Å². The second-order valence-corrected chi connectivity index (χ2v) is 7.61. The lowest BCUT2D eigenvalue weighted by molar-refractivity contribution is -0.277. The van der Waals surface area contributed by atoms with Crippen LogP contribution < -0.4 is 9.47 Å². The molecule has 0 spiro atoms. The van der Waals surface area contributed by atoms with E-state index < -0.39 is 37.3 Å². The van der Waals surface area contributed by atoms with Gasteiger partial charge in [-0.15, -0.1) is 0 Å². The van der Waals surface area contributed by atoms with Crippen molar-refractivity contribution in [1.29, 1.82) is 0 Å². The average Bonchev–Trinajstić information content (AvgIpc) is 2.74. The average molecular weight is 413 g/mol. The third kappa shape index (κ3) is 7.75. The van der Waals surface area contributed by atoms with Crippen LogP contribution in [0.25, 0.3) is 0 Å². The Kier molecular flexibility index (Phi) is 10.7. The van der Waals surface area contributed by atoms with Crippen molar-refractivity contribution in [1.82, 2.24) is 0 Å². The maximum Gasteiger partial charge on any atom is 0.229 e. The molecule has 0 aromatic heterocycles. The highest BCUT2D eigenvalue weighted by atomic mass is 16.7. The highest BCUT2D eigenvalue weighted by Crippen LogP contribution is 2.25. The molecule has 0 amide bonds. The second kappa shape index (κ2) is 13.0. The van der Waals surface area contributed by atoms with Crippen LogP contribution in [0.5, 0.6) is 11.5 Å². The van der Waals surface area contributed by atoms with E-state index >= 15 is 0 Å². The molecular formula is C22H36O7. The van der Waals surface area contributed by atoms with Gasteiger partial charge in [0, 0.05) is 0 Å². The summed E-state index contributed by atoms with van der Waals surface area (Å²) in [6, 6.07) is 6.91. The molecule has 1 heterocycles. The van der Waals surface area contributed by atoms with Crippen LogP contribution in [0.15, 0.2) is 24.3 Å². The summed E-state index contributed by atoms with van der Waals surface area (Å²) in [6.07, 6.45) is 3.55. The number of aliphatic hydroxyl groups excluding tert-OH is 4. The Bertz CT molecular complexity index is 549. The van der Waals surface area contributed by atoms with E-state index in [2.05, 4.69) is 6.92 Å². The number of rotatable bonds is 13. The largest absolute Gasteiger partial charge is 0.494 e. The minimum Gasteiger partial charge on any atom is -0.494 e. The fourth-order valence-electron chi connectivity index (χ4n) is 3.34. The molecule has 0 aliphatic carbocycles. The van der Waals surface area contributed by atoms with E-state index in [1.165, 1.54) is 44.9 Å². The number of hydrogen-bond acceptors (Lipinski definition) is 7. The Morgan fingerprint density at radius 3 is 2.00 bits per heavy atom. The van der Waals surface area contributed by atoms with Gasteiger partial charge < -0.3 is 34.6 Å². The third-order valence-corrected chi connectivity index (χ3v) is 5.19. The zero-order chi connectivity index (χ0) is 21.1. The molecule has 1 fully saturated rings. The van der Waals surface area contributed by atoms with Crippen LogP contribution in [0.1, 0.15) is 58.3 Å². The fraction of sp³-hybridized carbons (Fsp3) is 0.727. The van der Waals surface area contributed by atoms with Crippen molar-refractivity contribution >= 4 is 0 Å². The Balaban J connectivity index is 1.68. The van der Waals surface area contributed by atoms with Gasteiger partial charge in [0.1, 0.15) is 35.9 Å². The van der Waals surface area contributed by atoms with Crippen LogP contribution in [0.2, 0.25) is 0 Å². The van der Waals surface area contributed by atoms with E-state index in [9.17, 15) is 20.4 Å². The van der Waals surface area contributed by atoms with Crippen LogP contribution in [0.3, 0.4) is 0 Å². The van der Waals surface area contributed by atoms with Crippen molar-refractivity contribution < 1.29 is 34.6 Å². The fourth-order valence-corrected chi connectivity index (χ4v) is 3.34. The van der Waals surface area contributed by atoms with E-state index in [0.717, 1.165) is 12.2 Å². The van der Waals surface area contributed by atoms with Gasteiger partial charge in [-0.2, -0.15) is 0 Å². The van der Waals surface area contributed by atoms with Crippen molar-refractivity contribution in [2.45, 2.75) is 89.0 Å². The van der Waals surface area contributed by atoms with Gasteiger partial charge in [-0.1, -0.05) is 51.9 Å². The Morgan fingerprint density at radius 2 is 1.38 bits per heavy atom. The number of hydrogen-bond donors (Lipinski definition) is 4. The predicted molar refractivity (Wildman–Crippen MR) is 109 cm³/mol. The Labute approximate surface area is 173 Å². The summed E-state index contributed by atoms with van der Waals surface area (Å²) in [5.74, 6) is 1.16. The quantitative estimate of drug-likeness (QED) is 0.368. The predicted octanol–water partition coefficient (Wildman–Crippen LogP) is 2.38. The van der Waals surface area contributed by atoms with Crippen molar-refractivity contribution in [2.24, 2.45) is 0 Å². The summed E-state index contributed by atoms with van der Waals surface area (Å²) < 4.78 is 16.6. The van der Waals surface area contributed by atoms with Crippen LogP contribution in [-0.2, 0) is 4.74 Å². The maximum absolute atomic E-state index is 10.0. The zero-order valence-electron chi connectivity index (χ0n) is 17.3. The minimum absolute atomic E-state index is 0.425. The lowest BCUT2D eigenvalue weighted by Crippen LogP contribution is -2.60. The first-order valence-corrected chi connectivity index (χ1v) is 10.8. The van der Waals surface area contributed by atoms with Gasteiger partial charge in [0.2, 0.25) is 6.29 Å². The number of unbranched alkanes of at least 4 members (excludes halogenated alkanes) is 7. The molecule has 2 rings (SSSR count). The first-order chi connectivity index (χ1) is 14.1. The van der Waals surface area contributed by atoms with E-state index in [1.807, 2.05) is 0 Å². The molecule has 1 aromatic carbocycles. The summed E-state index contributed by atoms with van der Waals surface area (Å²) in [5.41, 5.74) is 0. The molecule has 166 valence electrons. The number of aliphatic hydroxyl groups is 4. The highest BCUT2D eigenvalue weighted by Gasteiger charge is 2.44. The first kappa shape index (κ1) is 23.9. The zero-order valence-corrected chi connectivity index (χ0v) is 17.3. The summed E-state index contributed by atoms with van der Waals surface area (Å²) in [4.78, 5) is 0. The van der Waals surface area contributed by atoms with Crippen LogP contribution in [0, 0.1) is 0 Å². The molecular weight excluding hydrogens is 376 g/mol. The summed E-state index contributed by atoms with van der Waals surface area (Å²) >= 11 is 0. The summed E-state index contributed by atoms with van der Waals surface area (Å²) in [6.45, 7) is 2.41. The van der Waals surface area contributed by atoms with Gasteiger partial charge >= 0.3 is 0 Å². The maximum atomic E-state index is 10.0. The van der Waals surface area contributed by atoms with Gasteiger partial charge in [-0.3, -0.25) is 0 Å².